The number of ether oxygens (including phenoxy) is 3. The topological polar surface area (TPSA) is 44.8 Å². The Morgan fingerprint density at radius 1 is 1.30 bits per heavy atom. The molecule has 1 heterocycles. The first-order chi connectivity index (χ1) is 9.80. The number of hydrogen-bond donors (Lipinski definition) is 0. The van der Waals surface area contributed by atoms with Gasteiger partial charge in [0.05, 0.1) is 18.1 Å². The Balaban J connectivity index is 2.22. The molecule has 0 radical (unpaired) electrons. The Hall–Kier alpha value is -1.30. The third-order valence-corrected chi connectivity index (χ3v) is 4.46. The highest BCUT2D eigenvalue weighted by Crippen LogP contribution is 2.35. The minimum atomic E-state index is -0.231. The van der Waals surface area contributed by atoms with Crippen LogP contribution in [0, 0.1) is 0 Å². The summed E-state index contributed by atoms with van der Waals surface area (Å²) < 4.78 is 16.2. The van der Waals surface area contributed by atoms with Gasteiger partial charge in [0, 0.05) is 24.7 Å². The zero-order valence-electron chi connectivity index (χ0n) is 11.5. The van der Waals surface area contributed by atoms with Gasteiger partial charge >= 0.3 is 0 Å². The average molecular weight is 294 g/mol. The Bertz CT molecular complexity index is 460. The summed E-state index contributed by atoms with van der Waals surface area (Å²) in [4.78, 5) is 12.3. The third-order valence-electron chi connectivity index (χ3n) is 3.12. The number of methoxy groups -OCH3 is 2. The molecule has 0 aromatic heterocycles. The quantitative estimate of drug-likeness (QED) is 0.753. The molecule has 1 aliphatic heterocycles. The summed E-state index contributed by atoms with van der Waals surface area (Å²) in [6, 6.07) is 9.94. The fraction of sp³-hybridized carbons (Fsp3) is 0.400. The first-order valence-corrected chi connectivity index (χ1v) is 7.22. The zero-order valence-corrected chi connectivity index (χ0v) is 12.3. The van der Waals surface area contributed by atoms with Crippen molar-refractivity contribution in [3.63, 3.8) is 0 Å². The second-order valence-electron chi connectivity index (χ2n) is 4.42. The standard InChI is InChI=1S/C15H18O4S/c1-17-10-13-14(18-2)15(11(8-16)9-19-13)20-12-6-4-3-5-7-12/h3-9,13-15H,10H2,1-2H3/t13-,14-,15-/m1/s1. The minimum Gasteiger partial charge on any atom is -0.492 e. The van der Waals surface area contributed by atoms with Gasteiger partial charge in [0.15, 0.2) is 0 Å². The lowest BCUT2D eigenvalue weighted by molar-refractivity contribution is -0.107. The van der Waals surface area contributed by atoms with Crippen LogP contribution in [0.15, 0.2) is 47.1 Å². The van der Waals surface area contributed by atoms with E-state index >= 15 is 0 Å². The fourth-order valence-corrected chi connectivity index (χ4v) is 3.42. The van der Waals surface area contributed by atoms with Gasteiger partial charge in [-0.1, -0.05) is 18.2 Å². The summed E-state index contributed by atoms with van der Waals surface area (Å²) in [5, 5.41) is -0.103. The smallest absolute Gasteiger partial charge is 0.150 e. The summed E-state index contributed by atoms with van der Waals surface area (Å²) in [7, 11) is 3.25. The molecule has 0 unspecified atom stereocenters. The monoisotopic (exact) mass is 294 g/mol. The molecule has 0 aliphatic carbocycles. The first kappa shape index (κ1) is 15.1. The van der Waals surface area contributed by atoms with Crippen LogP contribution in [0.2, 0.25) is 0 Å². The highest BCUT2D eigenvalue weighted by atomic mass is 32.2. The maximum absolute atomic E-state index is 11.2. The molecular formula is C15H18O4S. The molecule has 1 aliphatic rings. The summed E-state index contributed by atoms with van der Waals surface area (Å²) in [5.74, 6) is 0. The van der Waals surface area contributed by atoms with Crippen LogP contribution in [0.3, 0.4) is 0 Å². The maximum Gasteiger partial charge on any atom is 0.150 e. The van der Waals surface area contributed by atoms with Crippen LogP contribution in [-0.4, -0.2) is 44.6 Å². The average Bonchev–Trinajstić information content (AvgIpc) is 2.49. The molecule has 0 amide bonds. The number of aldehydes is 1. The van der Waals surface area contributed by atoms with E-state index in [-0.39, 0.29) is 17.5 Å². The second kappa shape index (κ2) is 7.47. The van der Waals surface area contributed by atoms with E-state index in [1.807, 2.05) is 30.3 Å². The molecule has 1 aromatic rings. The summed E-state index contributed by atoms with van der Waals surface area (Å²) in [6.45, 7) is 0.424. The number of hydrogen-bond acceptors (Lipinski definition) is 5. The van der Waals surface area contributed by atoms with Gasteiger partial charge in [0.25, 0.3) is 0 Å². The van der Waals surface area contributed by atoms with Gasteiger partial charge in [0.2, 0.25) is 0 Å². The fourth-order valence-electron chi connectivity index (χ4n) is 2.14. The van der Waals surface area contributed by atoms with Crippen LogP contribution in [-0.2, 0) is 19.0 Å². The van der Waals surface area contributed by atoms with Crippen LogP contribution < -0.4 is 0 Å². The van der Waals surface area contributed by atoms with E-state index in [0.29, 0.717) is 12.2 Å². The van der Waals surface area contributed by atoms with Crippen molar-refractivity contribution < 1.29 is 19.0 Å². The van der Waals surface area contributed by atoms with Crippen molar-refractivity contribution in [1.82, 2.24) is 0 Å². The second-order valence-corrected chi connectivity index (χ2v) is 5.63. The lowest BCUT2D eigenvalue weighted by Crippen LogP contribution is -2.45. The van der Waals surface area contributed by atoms with Crippen LogP contribution in [0.25, 0.3) is 0 Å². The van der Waals surface area contributed by atoms with Crippen molar-refractivity contribution >= 4 is 18.0 Å². The van der Waals surface area contributed by atoms with Gasteiger partial charge in [-0.05, 0) is 12.1 Å². The molecule has 108 valence electrons. The van der Waals surface area contributed by atoms with Crippen molar-refractivity contribution in [3.05, 3.63) is 42.2 Å². The molecule has 0 fully saturated rings. The van der Waals surface area contributed by atoms with E-state index in [0.717, 1.165) is 11.2 Å². The van der Waals surface area contributed by atoms with Gasteiger partial charge in [-0.3, -0.25) is 4.79 Å². The van der Waals surface area contributed by atoms with Crippen molar-refractivity contribution in [2.45, 2.75) is 22.4 Å². The Morgan fingerprint density at radius 3 is 2.65 bits per heavy atom. The number of benzene rings is 1. The number of carbonyl (C=O) groups excluding carboxylic acids is 1. The predicted octanol–water partition coefficient (Wildman–Crippen LogP) is 2.29. The Labute approximate surface area is 123 Å². The van der Waals surface area contributed by atoms with E-state index in [2.05, 4.69) is 0 Å². The molecule has 20 heavy (non-hydrogen) atoms. The van der Waals surface area contributed by atoms with Gasteiger partial charge < -0.3 is 14.2 Å². The van der Waals surface area contributed by atoms with E-state index in [1.54, 1.807) is 26.0 Å². The van der Waals surface area contributed by atoms with Crippen molar-refractivity contribution in [1.29, 1.82) is 0 Å². The number of rotatable bonds is 6. The molecule has 0 N–H and O–H groups in total. The van der Waals surface area contributed by atoms with Gasteiger partial charge in [-0.2, -0.15) is 0 Å². The number of carbonyl (C=O) groups is 1. The van der Waals surface area contributed by atoms with Crippen molar-refractivity contribution in [3.8, 4) is 0 Å². The largest absolute Gasteiger partial charge is 0.492 e. The van der Waals surface area contributed by atoms with Crippen LogP contribution >= 0.6 is 11.8 Å². The molecule has 2 rings (SSSR count). The van der Waals surface area contributed by atoms with Gasteiger partial charge in [-0.25, -0.2) is 0 Å². The van der Waals surface area contributed by atoms with E-state index < -0.39 is 0 Å². The highest BCUT2D eigenvalue weighted by molar-refractivity contribution is 8.00. The van der Waals surface area contributed by atoms with Crippen molar-refractivity contribution in [2.75, 3.05) is 20.8 Å². The van der Waals surface area contributed by atoms with Crippen LogP contribution in [0.5, 0.6) is 0 Å². The van der Waals surface area contributed by atoms with Crippen LogP contribution in [0.4, 0.5) is 0 Å². The molecule has 1 aromatic carbocycles. The van der Waals surface area contributed by atoms with Crippen molar-refractivity contribution in [2.24, 2.45) is 0 Å². The van der Waals surface area contributed by atoms with Gasteiger partial charge in [0.1, 0.15) is 18.5 Å². The molecule has 0 bridgehead atoms. The lowest BCUT2D eigenvalue weighted by atomic mass is 10.0. The normalized spacial score (nSPS) is 25.7. The maximum atomic E-state index is 11.2. The van der Waals surface area contributed by atoms with E-state index in [9.17, 15) is 4.79 Å². The lowest BCUT2D eigenvalue weighted by Gasteiger charge is -2.35. The molecule has 3 atom stereocenters. The SMILES string of the molecule is COC[C@H]1OC=C(C=O)[C@@H](Sc2ccccc2)[C@@H]1OC. The number of thioether (sulfide) groups is 1. The highest BCUT2D eigenvalue weighted by Gasteiger charge is 2.37. The zero-order chi connectivity index (χ0) is 14.4. The third kappa shape index (κ3) is 3.42. The van der Waals surface area contributed by atoms with Crippen LogP contribution in [0.1, 0.15) is 0 Å². The molecule has 0 saturated heterocycles. The van der Waals surface area contributed by atoms with E-state index in [4.69, 9.17) is 14.2 Å². The molecule has 5 heteroatoms. The molecule has 0 spiro atoms. The first-order valence-electron chi connectivity index (χ1n) is 6.34. The molecular weight excluding hydrogens is 276 g/mol. The minimum absolute atomic E-state index is 0.103. The Morgan fingerprint density at radius 2 is 2.05 bits per heavy atom. The van der Waals surface area contributed by atoms with E-state index in [1.165, 1.54) is 6.26 Å². The molecule has 4 nitrogen and oxygen atoms in total. The summed E-state index contributed by atoms with van der Waals surface area (Å²) in [5.41, 5.74) is 0.595. The predicted molar refractivity (Wildman–Crippen MR) is 77.8 cm³/mol. The summed E-state index contributed by atoms with van der Waals surface area (Å²) >= 11 is 1.60. The Kier molecular flexibility index (Phi) is 5.64. The van der Waals surface area contributed by atoms with Gasteiger partial charge in [-0.15, -0.1) is 11.8 Å². The summed E-state index contributed by atoms with van der Waals surface area (Å²) in [6.07, 6.45) is 1.91. The molecule has 0 saturated carbocycles.